The molecule has 0 heterocycles. The quantitative estimate of drug-likeness (QED) is 0.563. The minimum atomic E-state index is -0.521. The normalized spacial score (nSPS) is 15.8. The molecule has 0 saturated heterocycles. The molecule has 4 heteroatoms. The zero-order valence-corrected chi connectivity index (χ0v) is 13.8. The first kappa shape index (κ1) is 17.7. The third kappa shape index (κ3) is 6.87. The van der Waals surface area contributed by atoms with E-state index >= 15 is 0 Å². The van der Waals surface area contributed by atoms with Crippen molar-refractivity contribution in [3.05, 3.63) is 30.3 Å². The molecule has 3 N–H and O–H groups in total. The standard InChI is InChI=1S/C16H26O3Se/c1-2-3-9-15(19)16(12-13(18)10-11-17)20-14-7-5-4-6-8-14/h4-8,13,15-19H,2-3,9-12H2,1H3/t13-,15+,16+/m1/s1. The molecular weight excluding hydrogens is 319 g/mol. The minimum absolute atomic E-state index is 0.00270. The van der Waals surface area contributed by atoms with E-state index in [4.69, 9.17) is 5.11 Å². The van der Waals surface area contributed by atoms with Crippen LogP contribution in [0.5, 0.6) is 0 Å². The third-order valence-electron chi connectivity index (χ3n) is 3.28. The second-order valence-corrected chi connectivity index (χ2v) is 7.83. The van der Waals surface area contributed by atoms with E-state index in [0.717, 1.165) is 19.3 Å². The van der Waals surface area contributed by atoms with Crippen LogP contribution < -0.4 is 4.46 Å². The molecule has 1 aromatic carbocycles. The van der Waals surface area contributed by atoms with Gasteiger partial charge >= 0.3 is 128 Å². The fourth-order valence-corrected chi connectivity index (χ4v) is 4.77. The summed E-state index contributed by atoms with van der Waals surface area (Å²) in [7, 11) is 0. The van der Waals surface area contributed by atoms with Crippen LogP contribution in [0.15, 0.2) is 30.3 Å². The van der Waals surface area contributed by atoms with Crippen molar-refractivity contribution >= 4 is 19.4 Å². The van der Waals surface area contributed by atoms with Gasteiger partial charge in [-0.1, -0.05) is 0 Å². The molecular formula is C16H26O3Se. The molecule has 3 nitrogen and oxygen atoms in total. The second kappa shape index (κ2) is 10.4. The molecule has 0 unspecified atom stereocenters. The first-order chi connectivity index (χ1) is 9.67. The maximum atomic E-state index is 10.4. The monoisotopic (exact) mass is 346 g/mol. The summed E-state index contributed by atoms with van der Waals surface area (Å²) in [5, 5.41) is 29.2. The van der Waals surface area contributed by atoms with Crippen molar-refractivity contribution in [3.63, 3.8) is 0 Å². The SMILES string of the molecule is CCCC[C@H](O)[C@H](C[C@H](O)CCO)[Se]c1ccccc1. The Hall–Kier alpha value is -0.381. The van der Waals surface area contributed by atoms with E-state index in [-0.39, 0.29) is 32.5 Å². The first-order valence-electron chi connectivity index (χ1n) is 7.36. The van der Waals surface area contributed by atoms with Crippen LogP contribution in [-0.4, -0.2) is 49.1 Å². The molecule has 3 atom stereocenters. The maximum absolute atomic E-state index is 10.4. The van der Waals surface area contributed by atoms with Gasteiger partial charge in [0.1, 0.15) is 0 Å². The average Bonchev–Trinajstić information content (AvgIpc) is 2.45. The Labute approximate surface area is 128 Å². The predicted octanol–water partition coefficient (Wildman–Crippen LogP) is 1.49. The van der Waals surface area contributed by atoms with Gasteiger partial charge in [0.25, 0.3) is 0 Å². The number of unbranched alkanes of at least 4 members (excludes halogenated alkanes) is 1. The van der Waals surface area contributed by atoms with Gasteiger partial charge < -0.3 is 0 Å². The summed E-state index contributed by atoms with van der Waals surface area (Å²) in [5.74, 6) is 0. The Bertz CT molecular complexity index is 345. The summed E-state index contributed by atoms with van der Waals surface area (Å²) in [6.07, 6.45) is 2.96. The Balaban J connectivity index is 2.62. The fraction of sp³-hybridized carbons (Fsp3) is 0.625. The van der Waals surface area contributed by atoms with Gasteiger partial charge in [-0.25, -0.2) is 0 Å². The molecule has 0 saturated carbocycles. The predicted molar refractivity (Wildman–Crippen MR) is 83.4 cm³/mol. The summed E-state index contributed by atoms with van der Waals surface area (Å²) in [4.78, 5) is 0.109. The van der Waals surface area contributed by atoms with Gasteiger partial charge in [-0.15, -0.1) is 0 Å². The van der Waals surface area contributed by atoms with Crippen LogP contribution in [0.3, 0.4) is 0 Å². The van der Waals surface area contributed by atoms with Crippen molar-refractivity contribution in [2.24, 2.45) is 0 Å². The van der Waals surface area contributed by atoms with Gasteiger partial charge in [-0.3, -0.25) is 0 Å². The van der Waals surface area contributed by atoms with E-state index in [9.17, 15) is 10.2 Å². The van der Waals surface area contributed by atoms with Gasteiger partial charge in [-0.05, 0) is 0 Å². The third-order valence-corrected chi connectivity index (χ3v) is 6.12. The molecule has 0 bridgehead atoms. The Morgan fingerprint density at radius 2 is 1.80 bits per heavy atom. The van der Waals surface area contributed by atoms with Crippen LogP contribution in [0.25, 0.3) is 0 Å². The molecule has 0 aromatic heterocycles. The van der Waals surface area contributed by atoms with Crippen molar-refractivity contribution < 1.29 is 15.3 Å². The van der Waals surface area contributed by atoms with Crippen molar-refractivity contribution in [1.29, 1.82) is 0 Å². The summed E-state index contributed by atoms with van der Waals surface area (Å²) >= 11 is 0.144. The number of aliphatic hydroxyl groups excluding tert-OH is 3. The number of benzene rings is 1. The molecule has 0 fully saturated rings. The van der Waals surface area contributed by atoms with Crippen LogP contribution >= 0.6 is 0 Å². The Morgan fingerprint density at radius 1 is 1.10 bits per heavy atom. The van der Waals surface area contributed by atoms with Gasteiger partial charge in [0.15, 0.2) is 0 Å². The van der Waals surface area contributed by atoms with Crippen LogP contribution in [0.4, 0.5) is 0 Å². The molecule has 0 aliphatic rings. The number of hydrogen-bond acceptors (Lipinski definition) is 3. The molecule has 1 rings (SSSR count). The second-order valence-electron chi connectivity index (χ2n) is 5.08. The van der Waals surface area contributed by atoms with Crippen molar-refractivity contribution in [3.8, 4) is 0 Å². The summed E-state index contributed by atoms with van der Waals surface area (Å²) in [5.41, 5.74) is 0. The van der Waals surface area contributed by atoms with Gasteiger partial charge in [-0.2, -0.15) is 0 Å². The molecule has 0 aliphatic heterocycles. The van der Waals surface area contributed by atoms with Crippen LogP contribution in [0, 0.1) is 0 Å². The molecule has 0 spiro atoms. The first-order valence-corrected chi connectivity index (χ1v) is 9.20. The van der Waals surface area contributed by atoms with Crippen molar-refractivity contribution in [2.75, 3.05) is 6.61 Å². The van der Waals surface area contributed by atoms with Gasteiger partial charge in [0.2, 0.25) is 0 Å². The van der Waals surface area contributed by atoms with Crippen molar-refractivity contribution in [2.45, 2.75) is 56.1 Å². The molecule has 20 heavy (non-hydrogen) atoms. The summed E-state index contributed by atoms with van der Waals surface area (Å²) < 4.78 is 1.25. The molecule has 114 valence electrons. The van der Waals surface area contributed by atoms with E-state index in [1.165, 1.54) is 4.46 Å². The van der Waals surface area contributed by atoms with Crippen molar-refractivity contribution in [1.82, 2.24) is 0 Å². The zero-order chi connectivity index (χ0) is 14.8. The molecule has 1 aromatic rings. The number of aliphatic hydroxyl groups is 3. The average molecular weight is 345 g/mol. The van der Waals surface area contributed by atoms with E-state index in [1.54, 1.807) is 0 Å². The van der Waals surface area contributed by atoms with E-state index < -0.39 is 6.10 Å². The fourth-order valence-electron chi connectivity index (χ4n) is 2.09. The number of hydrogen-bond donors (Lipinski definition) is 3. The molecule has 0 amide bonds. The number of rotatable bonds is 10. The topological polar surface area (TPSA) is 60.7 Å². The van der Waals surface area contributed by atoms with E-state index in [0.29, 0.717) is 12.8 Å². The Morgan fingerprint density at radius 3 is 2.40 bits per heavy atom. The molecule has 0 radical (unpaired) electrons. The van der Waals surface area contributed by atoms with Gasteiger partial charge in [0, 0.05) is 0 Å². The van der Waals surface area contributed by atoms with Crippen LogP contribution in [-0.2, 0) is 0 Å². The Kier molecular flexibility index (Phi) is 9.15. The van der Waals surface area contributed by atoms with E-state index in [2.05, 4.69) is 19.1 Å². The van der Waals surface area contributed by atoms with Crippen LogP contribution in [0.2, 0.25) is 4.82 Å². The van der Waals surface area contributed by atoms with Crippen LogP contribution in [0.1, 0.15) is 39.0 Å². The summed E-state index contributed by atoms with van der Waals surface area (Å²) in [6.45, 7) is 2.11. The zero-order valence-electron chi connectivity index (χ0n) is 12.1. The molecule has 0 aliphatic carbocycles. The van der Waals surface area contributed by atoms with E-state index in [1.807, 2.05) is 18.2 Å². The van der Waals surface area contributed by atoms with Gasteiger partial charge in [0.05, 0.1) is 0 Å². The summed E-state index contributed by atoms with van der Waals surface area (Å²) in [6, 6.07) is 10.2.